The quantitative estimate of drug-likeness (QED) is 0.444. The number of benzene rings is 2. The van der Waals surface area contributed by atoms with Crippen LogP contribution in [-0.2, 0) is 26.3 Å². The Bertz CT molecular complexity index is 871. The van der Waals surface area contributed by atoms with Crippen LogP contribution in [0.25, 0.3) is 22.0 Å². The number of aliphatic hydroxyl groups excluding tert-OH is 2. The van der Waals surface area contributed by atoms with Crippen molar-refractivity contribution < 1.29 is 43.5 Å². The summed E-state index contributed by atoms with van der Waals surface area (Å²) in [5, 5.41) is 18.9. The molecule has 3 aromatic rings. The average Bonchev–Trinajstić information content (AvgIpc) is 2.60. The Labute approximate surface area is 175 Å². The Hall–Kier alpha value is -1.79. The molecule has 28 heavy (non-hydrogen) atoms. The molecule has 3 rings (SSSR count). The fourth-order valence-corrected chi connectivity index (χ4v) is 2.61. The van der Waals surface area contributed by atoms with Crippen LogP contribution in [0.4, 0.5) is 13.2 Å². The van der Waals surface area contributed by atoms with E-state index in [-0.39, 0.29) is 32.3 Å². The fourth-order valence-electron chi connectivity index (χ4n) is 2.61. The van der Waals surface area contributed by atoms with Crippen LogP contribution >= 0.6 is 0 Å². The van der Waals surface area contributed by atoms with E-state index in [0.29, 0.717) is 17.7 Å². The largest absolute Gasteiger partial charge is 0.399 e. The zero-order valence-corrected chi connectivity index (χ0v) is 17.8. The first kappa shape index (κ1) is 24.2. The molecule has 0 bridgehead atoms. The van der Waals surface area contributed by atoms with Crippen LogP contribution in [-0.4, -0.2) is 27.4 Å². The predicted octanol–water partition coefficient (Wildman–Crippen LogP) is 4.86. The molecule has 0 saturated heterocycles. The first-order chi connectivity index (χ1) is 12.7. The van der Waals surface area contributed by atoms with Gasteiger partial charge in [-0.25, -0.2) is 0 Å². The van der Waals surface area contributed by atoms with Gasteiger partial charge in [0.25, 0.3) is 0 Å². The fraction of sp³-hybridized carbons (Fsp3) is 0.286. The first-order valence-electron chi connectivity index (χ1n) is 8.47. The summed E-state index contributed by atoms with van der Waals surface area (Å²) in [7, 11) is 0. The third-order valence-electron chi connectivity index (χ3n) is 3.74. The van der Waals surface area contributed by atoms with Crippen molar-refractivity contribution in [3.05, 3.63) is 66.4 Å². The van der Waals surface area contributed by atoms with E-state index >= 15 is 0 Å². The minimum absolute atomic E-state index is 0. The molecule has 0 saturated carbocycles. The van der Waals surface area contributed by atoms with Crippen LogP contribution in [0.1, 0.15) is 25.8 Å². The number of hydrogen-bond donors (Lipinski definition) is 2. The van der Waals surface area contributed by atoms with Crippen LogP contribution in [0.3, 0.4) is 0 Å². The minimum atomic E-state index is -4.37. The Morgan fingerprint density at radius 1 is 1.04 bits per heavy atom. The van der Waals surface area contributed by atoms with E-state index in [1.165, 1.54) is 6.07 Å². The Morgan fingerprint density at radius 3 is 2.25 bits per heavy atom. The number of aliphatic hydroxyl groups is 2. The van der Waals surface area contributed by atoms with E-state index in [9.17, 15) is 13.2 Å². The molecule has 0 aliphatic rings. The van der Waals surface area contributed by atoms with E-state index in [1.54, 1.807) is 20.0 Å². The molecule has 153 valence electrons. The molecule has 0 amide bonds. The second kappa shape index (κ2) is 10.7. The van der Waals surface area contributed by atoms with Gasteiger partial charge in [-0.3, -0.25) is 0 Å². The minimum Gasteiger partial charge on any atom is -0.393 e. The van der Waals surface area contributed by atoms with Gasteiger partial charge in [-0.1, -0.05) is 24.3 Å². The van der Waals surface area contributed by atoms with Gasteiger partial charge in [-0.2, -0.15) is 13.2 Å². The molecule has 7 heteroatoms. The standard InChI is InChI=1S/C16H9F3N.C5H12O2.Ir/c17-16(18,19)13-6-3-5-12(10-13)15-14-7-2-1-4-11(14)8-9-20-15;1-4(6)3-5(2)7;/h1-4,6-10H;4-7H,3H2,1-2H3;/q-1;;. The van der Waals surface area contributed by atoms with Gasteiger partial charge >= 0.3 is 6.18 Å². The van der Waals surface area contributed by atoms with Crippen LogP contribution in [0.15, 0.2) is 54.7 Å². The first-order valence-corrected chi connectivity index (χ1v) is 8.47. The van der Waals surface area contributed by atoms with Crippen molar-refractivity contribution in [1.29, 1.82) is 0 Å². The van der Waals surface area contributed by atoms with Crippen LogP contribution < -0.4 is 0 Å². The van der Waals surface area contributed by atoms with Crippen molar-refractivity contribution in [1.82, 2.24) is 4.98 Å². The van der Waals surface area contributed by atoms with Crippen molar-refractivity contribution in [2.24, 2.45) is 0 Å². The summed E-state index contributed by atoms with van der Waals surface area (Å²) in [4.78, 5) is 4.20. The number of pyridine rings is 1. The Balaban J connectivity index is 0.000000425. The number of aromatic nitrogens is 1. The molecule has 2 aromatic carbocycles. The third-order valence-corrected chi connectivity index (χ3v) is 3.74. The van der Waals surface area contributed by atoms with E-state index in [1.807, 2.05) is 30.3 Å². The molecule has 2 atom stereocenters. The summed E-state index contributed by atoms with van der Waals surface area (Å²) < 4.78 is 38.3. The summed E-state index contributed by atoms with van der Waals surface area (Å²) >= 11 is 0. The van der Waals surface area contributed by atoms with E-state index in [2.05, 4.69) is 11.1 Å². The Morgan fingerprint density at radius 2 is 1.68 bits per heavy atom. The zero-order valence-electron chi connectivity index (χ0n) is 15.4. The van der Waals surface area contributed by atoms with E-state index < -0.39 is 11.7 Å². The van der Waals surface area contributed by atoms with Gasteiger partial charge < -0.3 is 15.2 Å². The predicted molar refractivity (Wildman–Crippen MR) is 99.0 cm³/mol. The monoisotopic (exact) mass is 569 g/mol. The maximum absolute atomic E-state index is 12.8. The molecule has 0 fully saturated rings. The van der Waals surface area contributed by atoms with Gasteiger partial charge in [0, 0.05) is 26.3 Å². The maximum atomic E-state index is 12.8. The maximum Gasteiger partial charge on any atom is 0.399 e. The van der Waals surface area contributed by atoms with Crippen molar-refractivity contribution in [3.8, 4) is 11.3 Å². The number of rotatable bonds is 3. The summed E-state index contributed by atoms with van der Waals surface area (Å²) in [5.74, 6) is 0. The van der Waals surface area contributed by atoms with Crippen molar-refractivity contribution in [3.63, 3.8) is 0 Å². The summed E-state index contributed by atoms with van der Waals surface area (Å²) in [6.07, 6.45) is -3.06. The molecular formula is C21H21F3IrNO2-. The van der Waals surface area contributed by atoms with Crippen molar-refractivity contribution >= 4 is 10.8 Å². The van der Waals surface area contributed by atoms with Gasteiger partial charge in [0.2, 0.25) is 0 Å². The molecule has 0 aliphatic heterocycles. The van der Waals surface area contributed by atoms with Crippen molar-refractivity contribution in [2.75, 3.05) is 0 Å². The molecule has 1 radical (unpaired) electrons. The van der Waals surface area contributed by atoms with E-state index in [0.717, 1.165) is 22.9 Å². The molecule has 3 nitrogen and oxygen atoms in total. The second-order valence-electron chi connectivity index (χ2n) is 6.30. The molecule has 1 aromatic heterocycles. The molecule has 2 N–H and O–H groups in total. The Kier molecular flexibility index (Phi) is 9.24. The van der Waals surface area contributed by atoms with Gasteiger partial charge in [0.05, 0.1) is 12.2 Å². The SMILES string of the molecule is CC(O)CC(C)O.FC(F)(F)c1cc[c-]c(-c2nccc3ccccc23)c1.[Ir]. The molecule has 1 heterocycles. The smallest absolute Gasteiger partial charge is 0.393 e. The number of halogens is 3. The molecule has 0 spiro atoms. The molecule has 2 unspecified atom stereocenters. The number of fused-ring (bicyclic) bond motifs is 1. The molecular weight excluding hydrogens is 547 g/mol. The second-order valence-corrected chi connectivity index (χ2v) is 6.30. The topological polar surface area (TPSA) is 53.4 Å². The van der Waals surface area contributed by atoms with Gasteiger partial charge in [-0.15, -0.1) is 29.8 Å². The van der Waals surface area contributed by atoms with Gasteiger partial charge in [0.15, 0.2) is 0 Å². The third kappa shape index (κ3) is 6.98. The van der Waals surface area contributed by atoms with Gasteiger partial charge in [0.1, 0.15) is 0 Å². The van der Waals surface area contributed by atoms with Crippen LogP contribution in [0.5, 0.6) is 0 Å². The zero-order chi connectivity index (χ0) is 20.0. The summed E-state index contributed by atoms with van der Waals surface area (Å²) in [6, 6.07) is 15.5. The summed E-state index contributed by atoms with van der Waals surface area (Å²) in [6.45, 7) is 3.32. The summed E-state index contributed by atoms with van der Waals surface area (Å²) in [5.41, 5.74) is 0.159. The number of hydrogen-bond acceptors (Lipinski definition) is 3. The number of nitrogens with zero attached hydrogens (tertiary/aromatic N) is 1. The van der Waals surface area contributed by atoms with Crippen molar-refractivity contribution in [2.45, 2.75) is 38.7 Å². The van der Waals surface area contributed by atoms with Gasteiger partial charge in [-0.05, 0) is 48.4 Å². The van der Waals surface area contributed by atoms with Crippen LogP contribution in [0, 0.1) is 6.07 Å². The normalized spacial score (nSPS) is 13.1. The van der Waals surface area contributed by atoms with E-state index in [4.69, 9.17) is 10.2 Å². The number of alkyl halides is 3. The molecule has 0 aliphatic carbocycles. The van der Waals surface area contributed by atoms with Crippen LogP contribution in [0.2, 0.25) is 0 Å². The average molecular weight is 569 g/mol.